The Labute approximate surface area is 138 Å². The van der Waals surface area contributed by atoms with Crippen molar-refractivity contribution < 1.29 is 9.59 Å². The Morgan fingerprint density at radius 3 is 2.30 bits per heavy atom. The number of benzene rings is 1. The molecule has 1 aromatic carbocycles. The second-order valence-corrected chi connectivity index (χ2v) is 6.99. The lowest BCUT2D eigenvalue weighted by atomic mass is 9.94. The third-order valence-corrected chi connectivity index (χ3v) is 5.35. The number of rotatable bonds is 3. The van der Waals surface area contributed by atoms with Crippen LogP contribution in [-0.2, 0) is 9.59 Å². The Balaban J connectivity index is 1.62. The Kier molecular flexibility index (Phi) is 4.42. The summed E-state index contributed by atoms with van der Waals surface area (Å²) in [4.78, 5) is 28.7. The average Bonchev–Trinajstić information content (AvgIpc) is 3.40. The number of piperidine rings is 1. The molecular weight excluding hydrogens is 288 g/mol. The lowest BCUT2D eigenvalue weighted by Crippen LogP contribution is -2.44. The molecule has 0 N–H and O–H groups in total. The summed E-state index contributed by atoms with van der Waals surface area (Å²) in [5.41, 5.74) is 3.35. The number of aryl methyl sites for hydroxylation is 1. The van der Waals surface area contributed by atoms with Crippen molar-refractivity contribution >= 4 is 17.5 Å². The summed E-state index contributed by atoms with van der Waals surface area (Å²) in [6.07, 6.45) is 3.67. The summed E-state index contributed by atoms with van der Waals surface area (Å²) in [5, 5.41) is 0. The number of likely N-dealkylation sites (tertiary alicyclic amines) is 1. The first kappa shape index (κ1) is 16.0. The normalized spacial score (nSPS) is 18.8. The summed E-state index contributed by atoms with van der Waals surface area (Å²) >= 11 is 0. The van der Waals surface area contributed by atoms with E-state index in [0.717, 1.165) is 50.0 Å². The van der Waals surface area contributed by atoms with Crippen LogP contribution >= 0.6 is 0 Å². The van der Waals surface area contributed by atoms with Gasteiger partial charge >= 0.3 is 0 Å². The molecular formula is C19H26N2O2. The van der Waals surface area contributed by atoms with Crippen LogP contribution in [0.3, 0.4) is 0 Å². The number of carbonyl (C=O) groups is 2. The SMILES string of the molecule is Cc1cccc(N(C)C(=O)C2CCN(C(=O)C3CC3)CC2)c1C. The molecule has 3 rings (SSSR count). The van der Waals surface area contributed by atoms with Gasteiger partial charge in [0, 0.05) is 37.7 Å². The third-order valence-electron chi connectivity index (χ3n) is 5.35. The molecule has 0 spiro atoms. The summed E-state index contributed by atoms with van der Waals surface area (Å²) < 4.78 is 0. The summed E-state index contributed by atoms with van der Waals surface area (Å²) in [5.74, 6) is 0.791. The number of carbonyl (C=O) groups excluding carboxylic acids is 2. The van der Waals surface area contributed by atoms with Gasteiger partial charge in [-0.15, -0.1) is 0 Å². The highest BCUT2D eigenvalue weighted by atomic mass is 16.2. The molecule has 124 valence electrons. The molecule has 1 aromatic rings. The van der Waals surface area contributed by atoms with Crippen molar-refractivity contribution in [1.29, 1.82) is 0 Å². The van der Waals surface area contributed by atoms with Crippen LogP contribution < -0.4 is 4.90 Å². The lowest BCUT2D eigenvalue weighted by Gasteiger charge is -2.33. The van der Waals surface area contributed by atoms with E-state index in [1.54, 1.807) is 4.90 Å². The van der Waals surface area contributed by atoms with E-state index in [2.05, 4.69) is 19.9 Å². The molecule has 1 aliphatic carbocycles. The standard InChI is InChI=1S/C19H26N2O2/c1-13-5-4-6-17(14(13)2)20(3)18(22)16-9-11-21(12-10-16)19(23)15-7-8-15/h4-6,15-16H,7-12H2,1-3H3. The fraction of sp³-hybridized carbons (Fsp3) is 0.579. The zero-order chi connectivity index (χ0) is 16.6. The van der Waals surface area contributed by atoms with Crippen molar-refractivity contribution in [3.63, 3.8) is 0 Å². The predicted molar refractivity (Wildman–Crippen MR) is 91.4 cm³/mol. The molecule has 2 amide bonds. The van der Waals surface area contributed by atoms with E-state index >= 15 is 0 Å². The maximum atomic E-state index is 12.8. The van der Waals surface area contributed by atoms with Gasteiger partial charge in [0.15, 0.2) is 0 Å². The number of nitrogens with zero attached hydrogens (tertiary/aromatic N) is 2. The second kappa shape index (κ2) is 6.34. The van der Waals surface area contributed by atoms with Crippen LogP contribution in [0.5, 0.6) is 0 Å². The van der Waals surface area contributed by atoms with Crippen molar-refractivity contribution in [2.45, 2.75) is 39.5 Å². The van der Waals surface area contributed by atoms with Gasteiger partial charge in [-0.25, -0.2) is 0 Å². The molecule has 0 atom stereocenters. The van der Waals surface area contributed by atoms with Crippen molar-refractivity contribution in [2.24, 2.45) is 11.8 Å². The molecule has 4 nitrogen and oxygen atoms in total. The van der Waals surface area contributed by atoms with Crippen LogP contribution in [-0.4, -0.2) is 36.9 Å². The summed E-state index contributed by atoms with van der Waals surface area (Å²) in [6.45, 7) is 5.59. The Morgan fingerprint density at radius 2 is 1.70 bits per heavy atom. The maximum Gasteiger partial charge on any atom is 0.229 e. The van der Waals surface area contributed by atoms with Gasteiger partial charge in [0.1, 0.15) is 0 Å². The number of hydrogen-bond donors (Lipinski definition) is 0. The highest BCUT2D eigenvalue weighted by molar-refractivity contribution is 5.95. The van der Waals surface area contributed by atoms with Crippen LogP contribution in [0.15, 0.2) is 18.2 Å². The molecule has 0 unspecified atom stereocenters. The fourth-order valence-electron chi connectivity index (χ4n) is 3.43. The van der Waals surface area contributed by atoms with Gasteiger partial charge in [-0.1, -0.05) is 12.1 Å². The number of anilines is 1. The van der Waals surface area contributed by atoms with Crippen LogP contribution in [0.25, 0.3) is 0 Å². The van der Waals surface area contributed by atoms with E-state index in [-0.39, 0.29) is 17.7 Å². The highest BCUT2D eigenvalue weighted by Crippen LogP contribution is 2.33. The molecule has 1 saturated carbocycles. The van der Waals surface area contributed by atoms with Gasteiger partial charge in [-0.05, 0) is 56.7 Å². The Hall–Kier alpha value is -1.84. The molecule has 0 aromatic heterocycles. The van der Waals surface area contributed by atoms with Crippen LogP contribution in [0.1, 0.15) is 36.8 Å². The minimum absolute atomic E-state index is 0.0307. The minimum Gasteiger partial charge on any atom is -0.342 e. The lowest BCUT2D eigenvalue weighted by molar-refractivity contribution is -0.136. The molecule has 4 heteroatoms. The zero-order valence-corrected chi connectivity index (χ0v) is 14.3. The Morgan fingerprint density at radius 1 is 1.04 bits per heavy atom. The Bertz CT molecular complexity index is 614. The van der Waals surface area contributed by atoms with E-state index in [0.29, 0.717) is 5.91 Å². The fourth-order valence-corrected chi connectivity index (χ4v) is 3.43. The van der Waals surface area contributed by atoms with Gasteiger partial charge < -0.3 is 9.80 Å². The first-order valence-electron chi connectivity index (χ1n) is 8.61. The van der Waals surface area contributed by atoms with Crippen LogP contribution in [0.4, 0.5) is 5.69 Å². The van der Waals surface area contributed by atoms with Gasteiger partial charge in [-0.2, -0.15) is 0 Å². The maximum absolute atomic E-state index is 12.8. The van der Waals surface area contributed by atoms with Gasteiger partial charge in [0.05, 0.1) is 0 Å². The van der Waals surface area contributed by atoms with E-state index in [1.165, 1.54) is 5.56 Å². The highest BCUT2D eigenvalue weighted by Gasteiger charge is 2.36. The van der Waals surface area contributed by atoms with E-state index < -0.39 is 0 Å². The van der Waals surface area contributed by atoms with Gasteiger partial charge in [0.2, 0.25) is 11.8 Å². The van der Waals surface area contributed by atoms with Gasteiger partial charge in [-0.3, -0.25) is 9.59 Å². The monoisotopic (exact) mass is 314 g/mol. The minimum atomic E-state index is 0.0307. The predicted octanol–water partition coefficient (Wildman–Crippen LogP) is 2.91. The average molecular weight is 314 g/mol. The quantitative estimate of drug-likeness (QED) is 0.861. The van der Waals surface area contributed by atoms with Crippen molar-refractivity contribution in [3.05, 3.63) is 29.3 Å². The molecule has 0 bridgehead atoms. The number of amides is 2. The number of hydrogen-bond acceptors (Lipinski definition) is 2. The molecule has 1 aliphatic heterocycles. The second-order valence-electron chi connectivity index (χ2n) is 6.99. The molecule has 23 heavy (non-hydrogen) atoms. The first-order chi connectivity index (χ1) is 11.0. The largest absolute Gasteiger partial charge is 0.342 e. The molecule has 0 radical (unpaired) electrons. The smallest absolute Gasteiger partial charge is 0.229 e. The van der Waals surface area contributed by atoms with Gasteiger partial charge in [0.25, 0.3) is 0 Å². The molecule has 2 aliphatic rings. The van der Waals surface area contributed by atoms with Crippen molar-refractivity contribution in [2.75, 3.05) is 25.0 Å². The van der Waals surface area contributed by atoms with Crippen LogP contribution in [0, 0.1) is 25.7 Å². The topological polar surface area (TPSA) is 40.6 Å². The summed E-state index contributed by atoms with van der Waals surface area (Å²) in [7, 11) is 1.87. The zero-order valence-electron chi connectivity index (χ0n) is 14.3. The summed E-state index contributed by atoms with van der Waals surface area (Å²) in [6, 6.07) is 6.07. The van der Waals surface area contributed by atoms with Crippen LogP contribution in [0.2, 0.25) is 0 Å². The molecule has 2 fully saturated rings. The van der Waals surface area contributed by atoms with Crippen molar-refractivity contribution in [3.8, 4) is 0 Å². The van der Waals surface area contributed by atoms with E-state index in [9.17, 15) is 9.59 Å². The first-order valence-corrected chi connectivity index (χ1v) is 8.61. The van der Waals surface area contributed by atoms with Crippen molar-refractivity contribution in [1.82, 2.24) is 4.90 Å². The molecule has 1 heterocycles. The molecule has 1 saturated heterocycles. The van der Waals surface area contributed by atoms with E-state index in [4.69, 9.17) is 0 Å². The van der Waals surface area contributed by atoms with E-state index in [1.807, 2.05) is 24.1 Å². The third kappa shape index (κ3) is 3.26.